The standard InChI is InChI=1S/C14H20N2O2.C13H24N2O.2C12H23FN2O.C12H22N2O.C11H21FN2O.C10H19FN2O.C9H18N2O2/c1-15-10-6-9-13(15)14(17)16(18-2)11-12-7-4-3-5-8-12;1-13(8-4-3-5-9-13)14-12(16)11-7-6-10-15(11)2;2*1-8(12(2,3)4)14-11(16)10-6-9(13)7-15(10)5;1-12(7-3-4-8-12)13-11(15)10-6-5-9-14(10)2;1-5-11(2,3)13-10(15)9-6-8(12)7-14(9)4;1-10(2,3)12-9(14)8-5-7(11)6-13(8)4;1-4-11(13-3)9(12)8-6-5-7-10(8)2/h3-5,7-8,13H,6,9-11H2,1-2H3;11H,3-10H2,1-2H3,(H,14,16);2*8-10H,6-7H2,1-5H3,(H,14,16);10H,3-9H2,1-2H3,(H,13,15);8-9H,5-7H2,1-4H3,(H,13,15);7-8H,5-6H2,1-4H3,(H,12,14);8H,4-7H2,1-3H3/t13-;11-;8?,9-,10-;8-,9+,10+;10-;8-,9-;7-,8+;8-/m00010010/s1. The van der Waals surface area contributed by atoms with Crippen LogP contribution in [-0.4, -0.2) is 333 Å². The molecule has 123 heavy (non-hydrogen) atoms. The summed E-state index contributed by atoms with van der Waals surface area (Å²) < 4.78 is 52.3. The number of rotatable bonds is 19. The Bertz CT molecular complexity index is 3300. The summed E-state index contributed by atoms with van der Waals surface area (Å²) in [5, 5.41) is 21.2. The van der Waals surface area contributed by atoms with Crippen molar-refractivity contribution in [3.05, 3.63) is 35.9 Å². The second kappa shape index (κ2) is 50.9. The molecule has 1 unspecified atom stereocenters. The molecule has 0 aromatic heterocycles. The van der Waals surface area contributed by atoms with Crippen molar-refractivity contribution in [2.45, 2.75) is 373 Å². The van der Waals surface area contributed by atoms with Crippen LogP contribution in [0.15, 0.2) is 30.3 Å². The summed E-state index contributed by atoms with van der Waals surface area (Å²) in [6, 6.07) is 9.11. The highest BCUT2D eigenvalue weighted by molar-refractivity contribution is 5.86. The monoisotopic (exact) mass is 1750 g/mol. The second-order valence-electron chi connectivity index (χ2n) is 41.0. The van der Waals surface area contributed by atoms with Crippen LogP contribution in [-0.2, 0) is 54.6 Å². The molecule has 1 aromatic carbocycles. The van der Waals surface area contributed by atoms with Gasteiger partial charge in [0.25, 0.3) is 11.8 Å². The van der Waals surface area contributed by atoms with Crippen molar-refractivity contribution < 1.29 is 65.6 Å². The molecule has 10 fully saturated rings. The molecule has 0 bridgehead atoms. The van der Waals surface area contributed by atoms with Crippen molar-refractivity contribution in [3.63, 3.8) is 0 Å². The molecule has 710 valence electrons. The summed E-state index contributed by atoms with van der Waals surface area (Å²) in [5.41, 5.74) is 0.843. The summed E-state index contributed by atoms with van der Waals surface area (Å²) in [6.45, 7) is 41.2. The summed E-state index contributed by atoms with van der Waals surface area (Å²) in [5.74, 6) is 0.426. The average Bonchev–Trinajstić information content (AvgIpc) is 1.82. The Balaban J connectivity index is 0.000000295. The topological polar surface area (TPSA) is 260 Å². The minimum absolute atomic E-state index is 0.0277. The first-order chi connectivity index (χ1) is 57.2. The third kappa shape index (κ3) is 37.1. The Morgan fingerprint density at radius 1 is 0.415 bits per heavy atom. The quantitative estimate of drug-likeness (QED) is 0.0556. The maximum absolute atomic E-state index is 13.1. The zero-order valence-corrected chi connectivity index (χ0v) is 81.2. The Kier molecular flexibility index (Phi) is 45.4. The molecule has 6 N–H and O–H groups in total. The van der Waals surface area contributed by atoms with Crippen LogP contribution in [0, 0.1) is 10.8 Å². The molecule has 11 rings (SSSR count). The molecule has 1 aromatic rings. The van der Waals surface area contributed by atoms with E-state index in [4.69, 9.17) is 9.68 Å². The molecular weight excluding hydrogens is 1580 g/mol. The van der Waals surface area contributed by atoms with Gasteiger partial charge in [0, 0.05) is 92.6 Å². The molecule has 8 amide bonds. The maximum Gasteiger partial charge on any atom is 0.263 e. The van der Waals surface area contributed by atoms with Crippen molar-refractivity contribution in [1.82, 2.24) is 81.2 Å². The van der Waals surface area contributed by atoms with E-state index >= 15 is 0 Å². The van der Waals surface area contributed by atoms with Crippen LogP contribution < -0.4 is 31.9 Å². The van der Waals surface area contributed by atoms with Gasteiger partial charge in [-0.25, -0.2) is 27.7 Å². The third-order valence-electron chi connectivity index (χ3n) is 26.5. The van der Waals surface area contributed by atoms with Gasteiger partial charge in [0.05, 0.1) is 69.1 Å². The molecular formula is C93H170F4N16O10. The van der Waals surface area contributed by atoms with E-state index in [9.17, 15) is 55.9 Å². The summed E-state index contributed by atoms with van der Waals surface area (Å²) in [4.78, 5) is 122. The van der Waals surface area contributed by atoms with Gasteiger partial charge in [-0.1, -0.05) is 111 Å². The lowest BCUT2D eigenvalue weighted by atomic mass is 9.83. The normalized spacial score (nSPS) is 27.4. The van der Waals surface area contributed by atoms with E-state index in [1.165, 1.54) is 49.3 Å². The number of hydrogen-bond acceptors (Lipinski definition) is 18. The minimum atomic E-state index is -0.870. The van der Waals surface area contributed by atoms with E-state index in [2.05, 4.69) is 114 Å². The SMILES string of the molecule is CC(NC(=O)[C@@H]1C[C@H](F)CN1C)C(C)(C)C.CCC(C)(C)NC(=O)[C@@H]1C[C@H](F)CN1C.CCN(OC)C(=O)[C@@H]1CCCN1C.CN1CCC[C@H]1C(=O)NC1(C)CCCC1.CN1CCC[C@H]1C(=O)NC1(C)CCCCC1.CN1C[C@H](F)C[C@H]1C(=O)NC(C)(C)C.CON(Cc1ccccc1)C(=O)[C@@H]1CCCN1C.C[C@@H](NC(=O)[C@@H]1C[C@H](F)CN1C)C(C)(C)C. The summed E-state index contributed by atoms with van der Waals surface area (Å²) in [6.07, 6.45) is 18.1. The Hall–Kier alpha value is -5.70. The first-order valence-corrected chi connectivity index (χ1v) is 46.0. The maximum atomic E-state index is 13.1. The number of carbonyl (C=O) groups is 8. The van der Waals surface area contributed by atoms with E-state index in [0.717, 1.165) is 115 Å². The molecule has 2 saturated carbocycles. The molecule has 0 spiro atoms. The molecule has 26 nitrogen and oxygen atoms in total. The van der Waals surface area contributed by atoms with Crippen LogP contribution in [0.4, 0.5) is 17.6 Å². The van der Waals surface area contributed by atoms with Gasteiger partial charge in [0.15, 0.2) is 0 Å². The number of nitrogens with zero attached hydrogens (tertiary/aromatic N) is 10. The van der Waals surface area contributed by atoms with Crippen LogP contribution in [0.25, 0.3) is 0 Å². The van der Waals surface area contributed by atoms with E-state index in [1.807, 2.05) is 114 Å². The number of benzene rings is 1. The van der Waals surface area contributed by atoms with Crippen LogP contribution in [0.2, 0.25) is 0 Å². The third-order valence-corrected chi connectivity index (χ3v) is 26.5. The van der Waals surface area contributed by atoms with Gasteiger partial charge in [-0.3, -0.25) is 87.2 Å². The van der Waals surface area contributed by atoms with Crippen LogP contribution >= 0.6 is 0 Å². The zero-order chi connectivity index (χ0) is 92.9. The predicted octanol–water partition coefficient (Wildman–Crippen LogP) is 11.0. The van der Waals surface area contributed by atoms with E-state index in [-0.39, 0.29) is 141 Å². The number of hydroxylamine groups is 4. The first kappa shape index (κ1) is 110. The van der Waals surface area contributed by atoms with Crippen molar-refractivity contribution in [3.8, 4) is 0 Å². The van der Waals surface area contributed by atoms with Gasteiger partial charge < -0.3 is 31.9 Å². The highest BCUT2D eigenvalue weighted by Gasteiger charge is 2.43. The fourth-order valence-corrected chi connectivity index (χ4v) is 17.1. The van der Waals surface area contributed by atoms with Gasteiger partial charge in [-0.05, 0) is 252 Å². The number of nitrogens with one attached hydrogen (secondary N) is 6. The van der Waals surface area contributed by atoms with Gasteiger partial charge in [-0.15, -0.1) is 0 Å². The number of amides is 8. The lowest BCUT2D eigenvalue weighted by molar-refractivity contribution is -0.183. The van der Waals surface area contributed by atoms with Crippen molar-refractivity contribution in [2.75, 3.05) is 130 Å². The number of carbonyl (C=O) groups excluding carboxylic acids is 8. The number of alkyl halides is 4. The van der Waals surface area contributed by atoms with Crippen molar-refractivity contribution >= 4 is 47.3 Å². The zero-order valence-electron chi connectivity index (χ0n) is 81.2. The molecule has 8 saturated heterocycles. The fraction of sp³-hybridized carbons (Fsp3) is 0.849. The Morgan fingerprint density at radius 2 is 0.715 bits per heavy atom. The van der Waals surface area contributed by atoms with Crippen molar-refractivity contribution in [1.29, 1.82) is 0 Å². The van der Waals surface area contributed by atoms with E-state index in [1.54, 1.807) is 54.9 Å². The first-order valence-electron chi connectivity index (χ1n) is 46.0. The largest absolute Gasteiger partial charge is 0.352 e. The van der Waals surface area contributed by atoms with Crippen LogP contribution in [0.5, 0.6) is 0 Å². The minimum Gasteiger partial charge on any atom is -0.352 e. The average molecular weight is 1750 g/mol. The van der Waals surface area contributed by atoms with Crippen molar-refractivity contribution in [2.24, 2.45) is 10.8 Å². The van der Waals surface area contributed by atoms with E-state index in [0.29, 0.717) is 65.0 Å². The lowest BCUT2D eigenvalue weighted by Gasteiger charge is -2.36. The highest BCUT2D eigenvalue weighted by atomic mass is 19.1. The number of hydrogen-bond donors (Lipinski definition) is 6. The van der Waals surface area contributed by atoms with E-state index < -0.39 is 24.7 Å². The molecule has 8 heterocycles. The molecule has 30 heteroatoms. The van der Waals surface area contributed by atoms with Crippen LogP contribution in [0.3, 0.4) is 0 Å². The second-order valence-corrected chi connectivity index (χ2v) is 41.0. The number of halogens is 4. The predicted molar refractivity (Wildman–Crippen MR) is 484 cm³/mol. The van der Waals surface area contributed by atoms with Gasteiger partial charge in [0.1, 0.15) is 24.7 Å². The van der Waals surface area contributed by atoms with Crippen LogP contribution in [0.1, 0.15) is 265 Å². The highest BCUT2D eigenvalue weighted by Crippen LogP contribution is 2.33. The Labute approximate surface area is 739 Å². The van der Waals surface area contributed by atoms with Gasteiger partial charge in [-0.2, -0.15) is 0 Å². The summed E-state index contributed by atoms with van der Waals surface area (Å²) >= 11 is 0. The van der Waals surface area contributed by atoms with Gasteiger partial charge >= 0.3 is 0 Å². The molecule has 2 aliphatic carbocycles. The smallest absolute Gasteiger partial charge is 0.263 e. The molecule has 14 atom stereocenters. The number of likely N-dealkylation sites (N-methyl/N-ethyl adjacent to an activating group) is 9. The lowest BCUT2D eigenvalue weighted by Crippen LogP contribution is -2.52. The fourth-order valence-electron chi connectivity index (χ4n) is 17.1. The molecule has 8 aliphatic heterocycles. The van der Waals surface area contributed by atoms with Gasteiger partial charge in [0.2, 0.25) is 35.4 Å². The summed E-state index contributed by atoms with van der Waals surface area (Å²) in [7, 11) is 18.3. The Morgan fingerprint density at radius 3 is 0.984 bits per heavy atom. The molecule has 0 radical (unpaired) electrons. The molecule has 10 aliphatic rings. The number of likely N-dealkylation sites (tertiary alicyclic amines) is 8.